The van der Waals surface area contributed by atoms with Gasteiger partial charge in [0.05, 0.1) is 0 Å². The van der Waals surface area contributed by atoms with E-state index < -0.39 is 0 Å². The lowest BCUT2D eigenvalue weighted by Crippen LogP contribution is -2.41. The Morgan fingerprint density at radius 1 is 1.19 bits per heavy atom. The van der Waals surface area contributed by atoms with Gasteiger partial charge in [0.2, 0.25) is 0 Å². The molecule has 0 aromatic carbocycles. The van der Waals surface area contributed by atoms with Crippen LogP contribution in [0.4, 0.5) is 0 Å². The van der Waals surface area contributed by atoms with E-state index in [-0.39, 0.29) is 0 Å². The number of hydrogen-bond acceptors (Lipinski definition) is 2. The molecular weight excluding hydrogens is 196 g/mol. The van der Waals surface area contributed by atoms with Crippen LogP contribution in [-0.4, -0.2) is 48.1 Å². The molecule has 1 heterocycles. The molecule has 0 radical (unpaired) electrons. The number of nitrogens with zero attached hydrogens (tertiary/aromatic N) is 2. The first kappa shape index (κ1) is 14.0. The second kappa shape index (κ2) is 6.61. The minimum atomic E-state index is 0.755. The van der Waals surface area contributed by atoms with Crippen LogP contribution in [0.2, 0.25) is 0 Å². The van der Waals surface area contributed by atoms with Crippen LogP contribution in [0.3, 0.4) is 0 Å². The molecule has 3 atom stereocenters. The van der Waals surface area contributed by atoms with Gasteiger partial charge in [0, 0.05) is 25.2 Å². The van der Waals surface area contributed by atoms with Crippen LogP contribution in [0.25, 0.3) is 0 Å². The Morgan fingerprint density at radius 2 is 1.81 bits per heavy atom. The molecule has 0 N–H and O–H groups in total. The SMILES string of the molecule is CCC(C)C(C)N1CCC(N(CC)CC)C1. The Balaban J connectivity index is 2.45. The lowest BCUT2D eigenvalue weighted by atomic mass is 10.00. The molecule has 0 spiro atoms. The Bertz CT molecular complexity index is 189. The van der Waals surface area contributed by atoms with Gasteiger partial charge in [0.15, 0.2) is 0 Å². The lowest BCUT2D eigenvalue weighted by molar-refractivity contribution is 0.164. The summed E-state index contributed by atoms with van der Waals surface area (Å²) >= 11 is 0. The molecule has 0 aromatic rings. The van der Waals surface area contributed by atoms with Crippen molar-refractivity contribution in [1.29, 1.82) is 0 Å². The fourth-order valence-electron chi connectivity index (χ4n) is 2.88. The molecule has 0 amide bonds. The van der Waals surface area contributed by atoms with Crippen molar-refractivity contribution in [3.8, 4) is 0 Å². The maximum atomic E-state index is 2.69. The van der Waals surface area contributed by atoms with Crippen molar-refractivity contribution in [3.63, 3.8) is 0 Å². The van der Waals surface area contributed by atoms with Gasteiger partial charge in [0.1, 0.15) is 0 Å². The van der Waals surface area contributed by atoms with E-state index in [0.717, 1.165) is 18.0 Å². The van der Waals surface area contributed by atoms with Gasteiger partial charge >= 0.3 is 0 Å². The molecule has 1 aliphatic rings. The van der Waals surface area contributed by atoms with Crippen LogP contribution >= 0.6 is 0 Å². The van der Waals surface area contributed by atoms with Gasteiger partial charge in [-0.3, -0.25) is 9.80 Å². The quantitative estimate of drug-likeness (QED) is 0.687. The van der Waals surface area contributed by atoms with Crippen LogP contribution in [0.1, 0.15) is 47.5 Å². The standard InChI is InChI=1S/C14H30N2/c1-6-12(4)13(5)16-10-9-14(11-16)15(7-2)8-3/h12-14H,6-11H2,1-5H3. The molecule has 0 aromatic heterocycles. The van der Waals surface area contributed by atoms with E-state index >= 15 is 0 Å². The monoisotopic (exact) mass is 226 g/mol. The molecule has 1 aliphatic heterocycles. The number of likely N-dealkylation sites (tertiary alicyclic amines) is 1. The molecule has 0 bridgehead atoms. The van der Waals surface area contributed by atoms with E-state index in [2.05, 4.69) is 44.4 Å². The third-order valence-corrected chi connectivity index (χ3v) is 4.57. The number of rotatable bonds is 6. The summed E-state index contributed by atoms with van der Waals surface area (Å²) in [5, 5.41) is 0. The van der Waals surface area contributed by atoms with Gasteiger partial charge in [0.25, 0.3) is 0 Å². The Kier molecular flexibility index (Phi) is 5.77. The molecule has 1 saturated heterocycles. The van der Waals surface area contributed by atoms with Crippen molar-refractivity contribution in [2.45, 2.75) is 59.5 Å². The molecule has 0 saturated carbocycles. The zero-order valence-corrected chi connectivity index (χ0v) is 11.9. The largest absolute Gasteiger partial charge is 0.300 e. The third-order valence-electron chi connectivity index (χ3n) is 4.57. The summed E-state index contributed by atoms with van der Waals surface area (Å²) in [6, 6.07) is 1.56. The first-order valence-electron chi connectivity index (χ1n) is 7.12. The predicted octanol–water partition coefficient (Wildman–Crippen LogP) is 2.84. The molecular formula is C14H30N2. The van der Waals surface area contributed by atoms with Crippen molar-refractivity contribution in [2.75, 3.05) is 26.2 Å². The van der Waals surface area contributed by atoms with E-state index in [0.29, 0.717) is 0 Å². The highest BCUT2D eigenvalue weighted by Crippen LogP contribution is 2.22. The fraction of sp³-hybridized carbons (Fsp3) is 1.00. The minimum Gasteiger partial charge on any atom is -0.300 e. The molecule has 3 unspecified atom stereocenters. The van der Waals surface area contributed by atoms with Gasteiger partial charge in [-0.2, -0.15) is 0 Å². The minimum absolute atomic E-state index is 0.755. The Labute approximate surface area is 102 Å². The number of likely N-dealkylation sites (N-methyl/N-ethyl adjacent to an activating group) is 1. The van der Waals surface area contributed by atoms with Crippen LogP contribution in [-0.2, 0) is 0 Å². The van der Waals surface area contributed by atoms with Crippen molar-refractivity contribution in [3.05, 3.63) is 0 Å². The summed E-state index contributed by atoms with van der Waals surface area (Å²) in [4.78, 5) is 5.31. The lowest BCUT2D eigenvalue weighted by Gasteiger charge is -2.31. The summed E-state index contributed by atoms with van der Waals surface area (Å²) in [5.41, 5.74) is 0. The molecule has 16 heavy (non-hydrogen) atoms. The van der Waals surface area contributed by atoms with Gasteiger partial charge in [-0.05, 0) is 32.4 Å². The van der Waals surface area contributed by atoms with Gasteiger partial charge < -0.3 is 0 Å². The van der Waals surface area contributed by atoms with E-state index in [9.17, 15) is 0 Å². The molecule has 2 heteroatoms. The van der Waals surface area contributed by atoms with Crippen molar-refractivity contribution in [2.24, 2.45) is 5.92 Å². The first-order chi connectivity index (χ1) is 7.63. The summed E-state index contributed by atoms with van der Waals surface area (Å²) in [5.74, 6) is 0.829. The highest BCUT2D eigenvalue weighted by atomic mass is 15.3. The van der Waals surface area contributed by atoms with Crippen molar-refractivity contribution >= 4 is 0 Å². The summed E-state index contributed by atoms with van der Waals surface area (Å²) in [7, 11) is 0. The smallest absolute Gasteiger partial charge is 0.0235 e. The van der Waals surface area contributed by atoms with Crippen LogP contribution in [0.5, 0.6) is 0 Å². The number of hydrogen-bond donors (Lipinski definition) is 0. The molecule has 0 aliphatic carbocycles. The van der Waals surface area contributed by atoms with Gasteiger partial charge in [-0.1, -0.05) is 34.1 Å². The normalized spacial score (nSPS) is 26.2. The first-order valence-corrected chi connectivity index (χ1v) is 7.12. The molecule has 96 valence electrons. The van der Waals surface area contributed by atoms with Gasteiger partial charge in [-0.25, -0.2) is 0 Å². The average Bonchev–Trinajstić information content (AvgIpc) is 2.78. The highest BCUT2D eigenvalue weighted by molar-refractivity contribution is 4.86. The molecule has 1 rings (SSSR count). The maximum Gasteiger partial charge on any atom is 0.0235 e. The Morgan fingerprint density at radius 3 is 2.31 bits per heavy atom. The maximum absolute atomic E-state index is 2.69. The van der Waals surface area contributed by atoms with Crippen LogP contribution < -0.4 is 0 Å². The van der Waals surface area contributed by atoms with E-state index in [1.165, 1.54) is 39.0 Å². The average molecular weight is 226 g/mol. The topological polar surface area (TPSA) is 6.48 Å². The van der Waals surface area contributed by atoms with E-state index in [4.69, 9.17) is 0 Å². The van der Waals surface area contributed by atoms with Crippen LogP contribution in [0.15, 0.2) is 0 Å². The summed E-state index contributed by atoms with van der Waals surface area (Å²) in [6.45, 7) is 16.6. The highest BCUT2D eigenvalue weighted by Gasteiger charge is 2.30. The second-order valence-electron chi connectivity index (χ2n) is 5.28. The van der Waals surface area contributed by atoms with E-state index in [1.807, 2.05) is 0 Å². The Hall–Kier alpha value is -0.0800. The predicted molar refractivity (Wildman–Crippen MR) is 71.8 cm³/mol. The zero-order valence-electron chi connectivity index (χ0n) is 11.9. The zero-order chi connectivity index (χ0) is 12.1. The third kappa shape index (κ3) is 3.21. The summed E-state index contributed by atoms with van der Waals surface area (Å²) < 4.78 is 0. The summed E-state index contributed by atoms with van der Waals surface area (Å²) in [6.07, 6.45) is 2.66. The van der Waals surface area contributed by atoms with Crippen LogP contribution in [0, 0.1) is 5.92 Å². The molecule has 2 nitrogen and oxygen atoms in total. The van der Waals surface area contributed by atoms with E-state index in [1.54, 1.807) is 0 Å². The van der Waals surface area contributed by atoms with Crippen molar-refractivity contribution in [1.82, 2.24) is 9.80 Å². The fourth-order valence-corrected chi connectivity index (χ4v) is 2.88. The second-order valence-corrected chi connectivity index (χ2v) is 5.28. The molecule has 1 fully saturated rings. The van der Waals surface area contributed by atoms with Crippen molar-refractivity contribution < 1.29 is 0 Å². The van der Waals surface area contributed by atoms with Gasteiger partial charge in [-0.15, -0.1) is 0 Å².